The molecule has 0 bridgehead atoms. The van der Waals surface area contributed by atoms with Crippen LogP contribution in [-0.4, -0.2) is 20.5 Å². The highest BCUT2D eigenvalue weighted by Crippen LogP contribution is 2.36. The van der Waals surface area contributed by atoms with Crippen LogP contribution in [0.25, 0.3) is 11.3 Å². The molecule has 0 saturated heterocycles. The molecule has 8 heteroatoms. The van der Waals surface area contributed by atoms with Gasteiger partial charge in [-0.25, -0.2) is 17.8 Å². The molecular formula is C17H15FN2O3S2. The third-order valence-electron chi connectivity index (χ3n) is 3.44. The Morgan fingerprint density at radius 3 is 2.52 bits per heavy atom. The lowest BCUT2D eigenvalue weighted by Crippen LogP contribution is -2.12. The Labute approximate surface area is 149 Å². The van der Waals surface area contributed by atoms with Gasteiger partial charge in [-0.1, -0.05) is 18.2 Å². The zero-order valence-corrected chi connectivity index (χ0v) is 15.1. The van der Waals surface area contributed by atoms with Gasteiger partial charge < -0.3 is 4.74 Å². The quantitative estimate of drug-likeness (QED) is 0.727. The number of thiazole rings is 1. The number of halogens is 1. The summed E-state index contributed by atoms with van der Waals surface area (Å²) in [7, 11) is -2.37. The lowest BCUT2D eigenvalue weighted by atomic mass is 10.1. The minimum Gasteiger partial charge on any atom is -0.494 e. The average molecular weight is 378 g/mol. The first-order valence-corrected chi connectivity index (χ1v) is 9.60. The standard InChI is InChI=1S/C17H15FN2O3S2/c1-11-19-16(12-8-9-15(23-2)14(18)10-12)17(24-11)20-25(21,22)13-6-4-3-5-7-13/h3-10,20H,1-2H3. The number of ether oxygens (including phenoxy) is 1. The van der Waals surface area contributed by atoms with Crippen molar-refractivity contribution < 1.29 is 17.5 Å². The van der Waals surface area contributed by atoms with Crippen LogP contribution in [0.1, 0.15) is 5.01 Å². The topological polar surface area (TPSA) is 68.3 Å². The molecule has 0 aliphatic carbocycles. The number of nitrogens with one attached hydrogen (secondary N) is 1. The minimum absolute atomic E-state index is 0.113. The Kier molecular flexibility index (Phi) is 4.73. The van der Waals surface area contributed by atoms with E-state index in [9.17, 15) is 12.8 Å². The molecule has 0 aliphatic rings. The summed E-state index contributed by atoms with van der Waals surface area (Å²) in [5, 5.41) is 1.00. The second kappa shape index (κ2) is 6.81. The van der Waals surface area contributed by atoms with Gasteiger partial charge in [-0.05, 0) is 37.3 Å². The van der Waals surface area contributed by atoms with E-state index in [1.54, 1.807) is 31.2 Å². The number of methoxy groups -OCH3 is 1. The minimum atomic E-state index is -3.75. The Morgan fingerprint density at radius 1 is 1.16 bits per heavy atom. The van der Waals surface area contributed by atoms with Gasteiger partial charge in [-0.2, -0.15) is 0 Å². The maximum atomic E-state index is 14.0. The number of anilines is 1. The highest BCUT2D eigenvalue weighted by molar-refractivity contribution is 7.93. The Hall–Kier alpha value is -2.45. The highest BCUT2D eigenvalue weighted by atomic mass is 32.2. The SMILES string of the molecule is COc1ccc(-c2nc(C)sc2NS(=O)(=O)c2ccccc2)cc1F. The van der Waals surface area contributed by atoms with E-state index in [1.807, 2.05) is 0 Å². The van der Waals surface area contributed by atoms with Crippen molar-refractivity contribution in [2.24, 2.45) is 0 Å². The van der Waals surface area contributed by atoms with E-state index in [-0.39, 0.29) is 10.6 Å². The molecule has 0 spiro atoms. The van der Waals surface area contributed by atoms with Crippen molar-refractivity contribution in [2.45, 2.75) is 11.8 Å². The third-order valence-corrected chi connectivity index (χ3v) is 5.82. The Morgan fingerprint density at radius 2 is 1.88 bits per heavy atom. The van der Waals surface area contributed by atoms with Gasteiger partial charge in [-0.15, -0.1) is 11.3 Å². The van der Waals surface area contributed by atoms with Crippen LogP contribution >= 0.6 is 11.3 Å². The largest absolute Gasteiger partial charge is 0.494 e. The molecule has 2 aromatic carbocycles. The maximum absolute atomic E-state index is 14.0. The summed E-state index contributed by atoms with van der Waals surface area (Å²) in [6.07, 6.45) is 0. The number of hydrogen-bond acceptors (Lipinski definition) is 5. The summed E-state index contributed by atoms with van der Waals surface area (Å²) >= 11 is 1.19. The van der Waals surface area contributed by atoms with Gasteiger partial charge in [0.15, 0.2) is 11.6 Å². The molecular weight excluding hydrogens is 363 g/mol. The second-order valence-corrected chi connectivity index (χ2v) is 8.06. The molecule has 1 heterocycles. The smallest absolute Gasteiger partial charge is 0.262 e. The van der Waals surface area contributed by atoms with Gasteiger partial charge >= 0.3 is 0 Å². The van der Waals surface area contributed by atoms with Gasteiger partial charge in [0.2, 0.25) is 0 Å². The van der Waals surface area contributed by atoms with Gasteiger partial charge in [-0.3, -0.25) is 4.72 Å². The zero-order chi connectivity index (χ0) is 18.0. The van der Waals surface area contributed by atoms with E-state index in [0.717, 1.165) is 0 Å². The fraction of sp³-hybridized carbons (Fsp3) is 0.118. The van der Waals surface area contributed by atoms with E-state index in [1.165, 1.54) is 42.7 Å². The maximum Gasteiger partial charge on any atom is 0.262 e. The molecule has 5 nitrogen and oxygen atoms in total. The van der Waals surface area contributed by atoms with Crippen molar-refractivity contribution in [2.75, 3.05) is 11.8 Å². The molecule has 1 N–H and O–H groups in total. The molecule has 130 valence electrons. The van der Waals surface area contributed by atoms with Crippen LogP contribution in [0, 0.1) is 12.7 Å². The molecule has 25 heavy (non-hydrogen) atoms. The number of nitrogens with zero attached hydrogens (tertiary/aromatic N) is 1. The molecule has 0 aliphatic heterocycles. The van der Waals surface area contributed by atoms with Crippen LogP contribution in [0.5, 0.6) is 5.75 Å². The molecule has 1 aromatic heterocycles. The fourth-order valence-electron chi connectivity index (χ4n) is 2.29. The molecule has 3 aromatic rings. The molecule has 0 amide bonds. The lowest BCUT2D eigenvalue weighted by Gasteiger charge is -2.09. The number of aryl methyl sites for hydroxylation is 1. The van der Waals surface area contributed by atoms with Gasteiger partial charge in [0.05, 0.1) is 17.0 Å². The first-order chi connectivity index (χ1) is 11.9. The van der Waals surface area contributed by atoms with Crippen LogP contribution in [0.15, 0.2) is 53.4 Å². The average Bonchev–Trinajstić information content (AvgIpc) is 2.95. The molecule has 0 atom stereocenters. The van der Waals surface area contributed by atoms with Gasteiger partial charge in [0, 0.05) is 5.56 Å². The van der Waals surface area contributed by atoms with E-state index < -0.39 is 15.8 Å². The van der Waals surface area contributed by atoms with Crippen LogP contribution in [0.4, 0.5) is 9.39 Å². The lowest BCUT2D eigenvalue weighted by molar-refractivity contribution is 0.386. The van der Waals surface area contributed by atoms with Crippen LogP contribution < -0.4 is 9.46 Å². The first-order valence-electron chi connectivity index (χ1n) is 7.30. The van der Waals surface area contributed by atoms with Crippen molar-refractivity contribution in [1.82, 2.24) is 4.98 Å². The van der Waals surface area contributed by atoms with E-state index in [2.05, 4.69) is 9.71 Å². The predicted octanol–water partition coefficient (Wildman–Crippen LogP) is 4.07. The van der Waals surface area contributed by atoms with E-state index in [4.69, 9.17) is 4.74 Å². The fourth-order valence-corrected chi connectivity index (χ4v) is 4.45. The predicted molar refractivity (Wildman–Crippen MR) is 96.0 cm³/mol. The molecule has 0 unspecified atom stereocenters. The van der Waals surface area contributed by atoms with Crippen molar-refractivity contribution in [3.8, 4) is 17.0 Å². The summed E-state index contributed by atoms with van der Waals surface area (Å²) in [5.74, 6) is -0.426. The van der Waals surface area contributed by atoms with E-state index in [0.29, 0.717) is 21.3 Å². The van der Waals surface area contributed by atoms with Crippen molar-refractivity contribution in [3.63, 3.8) is 0 Å². The van der Waals surface area contributed by atoms with Crippen molar-refractivity contribution in [1.29, 1.82) is 0 Å². The molecule has 0 fully saturated rings. The van der Waals surface area contributed by atoms with Crippen LogP contribution in [-0.2, 0) is 10.0 Å². The Bertz CT molecular complexity index is 1000. The van der Waals surface area contributed by atoms with Crippen LogP contribution in [0.3, 0.4) is 0 Å². The number of rotatable bonds is 5. The van der Waals surface area contributed by atoms with E-state index >= 15 is 0 Å². The molecule has 3 rings (SSSR count). The molecule has 0 saturated carbocycles. The summed E-state index contributed by atoms with van der Waals surface area (Å²) < 4.78 is 46.5. The normalized spacial score (nSPS) is 11.3. The number of sulfonamides is 1. The summed E-state index contributed by atoms with van der Waals surface area (Å²) in [4.78, 5) is 4.49. The van der Waals surface area contributed by atoms with Gasteiger partial charge in [0.25, 0.3) is 10.0 Å². The van der Waals surface area contributed by atoms with Gasteiger partial charge in [0.1, 0.15) is 10.7 Å². The first kappa shape index (κ1) is 17.4. The highest BCUT2D eigenvalue weighted by Gasteiger charge is 2.20. The monoisotopic (exact) mass is 378 g/mol. The summed E-state index contributed by atoms with van der Waals surface area (Å²) in [6.45, 7) is 1.76. The molecule has 0 radical (unpaired) electrons. The summed E-state index contributed by atoms with van der Waals surface area (Å²) in [5.41, 5.74) is 0.844. The number of aromatic nitrogens is 1. The Balaban J connectivity index is 2.01. The number of hydrogen-bond donors (Lipinski definition) is 1. The summed E-state index contributed by atoms with van der Waals surface area (Å²) in [6, 6.07) is 12.4. The third kappa shape index (κ3) is 3.64. The van der Waals surface area contributed by atoms with Crippen LogP contribution in [0.2, 0.25) is 0 Å². The van der Waals surface area contributed by atoms with Crippen molar-refractivity contribution in [3.05, 3.63) is 59.4 Å². The number of benzene rings is 2. The zero-order valence-electron chi connectivity index (χ0n) is 13.5. The second-order valence-electron chi connectivity index (χ2n) is 5.18. The van der Waals surface area contributed by atoms with Crippen molar-refractivity contribution >= 4 is 26.4 Å².